The Morgan fingerprint density at radius 3 is 2.77 bits per heavy atom. The standard InChI is InChI=1S/C24H27N3O3S/c1-31-20-7-6-17-12-18(24(26-21(17)13-20)27-8-10-28-11-9-27)14-25-15-19-16-29-22-4-2-3-5-23(22)30-19/h2-7,12-13,19,25H,8-11,14-16H2,1H3/t19-/m0/s1. The number of nitrogens with zero attached hydrogens (tertiary/aromatic N) is 2. The van der Waals surface area contributed by atoms with Crippen LogP contribution in [0.25, 0.3) is 10.9 Å². The maximum atomic E-state index is 6.08. The third-order valence-electron chi connectivity index (χ3n) is 5.65. The molecule has 0 aliphatic carbocycles. The minimum Gasteiger partial charge on any atom is -0.486 e. The fraction of sp³-hybridized carbons (Fsp3) is 0.375. The van der Waals surface area contributed by atoms with Gasteiger partial charge in [-0.1, -0.05) is 18.2 Å². The molecule has 0 amide bonds. The number of fused-ring (bicyclic) bond motifs is 2. The third-order valence-corrected chi connectivity index (χ3v) is 6.37. The highest BCUT2D eigenvalue weighted by Crippen LogP contribution is 2.31. The average molecular weight is 438 g/mol. The molecule has 2 aliphatic rings. The molecule has 162 valence electrons. The number of thioether (sulfide) groups is 1. The van der Waals surface area contributed by atoms with E-state index in [9.17, 15) is 0 Å². The van der Waals surface area contributed by atoms with Crippen molar-refractivity contribution >= 4 is 28.5 Å². The molecular formula is C24H27N3O3S. The molecule has 1 aromatic heterocycles. The highest BCUT2D eigenvalue weighted by Gasteiger charge is 2.21. The van der Waals surface area contributed by atoms with E-state index >= 15 is 0 Å². The van der Waals surface area contributed by atoms with Gasteiger partial charge in [0, 0.05) is 42.0 Å². The minimum atomic E-state index is -0.0145. The normalized spacial score (nSPS) is 18.4. The molecule has 0 spiro atoms. The van der Waals surface area contributed by atoms with E-state index < -0.39 is 0 Å². The summed E-state index contributed by atoms with van der Waals surface area (Å²) < 4.78 is 17.5. The summed E-state index contributed by atoms with van der Waals surface area (Å²) >= 11 is 1.74. The maximum Gasteiger partial charge on any atom is 0.161 e. The van der Waals surface area contributed by atoms with Gasteiger partial charge in [-0.25, -0.2) is 4.98 Å². The molecule has 7 heteroatoms. The van der Waals surface area contributed by atoms with Crippen LogP contribution in [0.4, 0.5) is 5.82 Å². The van der Waals surface area contributed by atoms with Crippen molar-refractivity contribution in [1.82, 2.24) is 10.3 Å². The summed E-state index contributed by atoms with van der Waals surface area (Å²) in [5, 5.41) is 4.73. The highest BCUT2D eigenvalue weighted by molar-refractivity contribution is 7.98. The van der Waals surface area contributed by atoms with Crippen molar-refractivity contribution in [2.75, 3.05) is 50.6 Å². The van der Waals surface area contributed by atoms with Gasteiger partial charge < -0.3 is 24.4 Å². The van der Waals surface area contributed by atoms with Crippen molar-refractivity contribution in [1.29, 1.82) is 0 Å². The van der Waals surface area contributed by atoms with Gasteiger partial charge in [-0.3, -0.25) is 0 Å². The predicted molar refractivity (Wildman–Crippen MR) is 125 cm³/mol. The number of nitrogens with one attached hydrogen (secondary N) is 1. The summed E-state index contributed by atoms with van der Waals surface area (Å²) in [5.41, 5.74) is 2.24. The number of hydrogen-bond acceptors (Lipinski definition) is 7. The van der Waals surface area contributed by atoms with Crippen LogP contribution in [0.3, 0.4) is 0 Å². The lowest BCUT2D eigenvalue weighted by Gasteiger charge is -2.30. The first kappa shape index (κ1) is 20.4. The second-order valence-corrected chi connectivity index (χ2v) is 8.64. The molecule has 1 saturated heterocycles. The zero-order valence-corrected chi connectivity index (χ0v) is 18.5. The number of hydrogen-bond donors (Lipinski definition) is 1. The van der Waals surface area contributed by atoms with Crippen LogP contribution in [-0.4, -0.2) is 56.8 Å². The molecule has 1 N–H and O–H groups in total. The fourth-order valence-electron chi connectivity index (χ4n) is 4.02. The van der Waals surface area contributed by atoms with Gasteiger partial charge in [-0.05, 0) is 36.6 Å². The number of aromatic nitrogens is 1. The van der Waals surface area contributed by atoms with Crippen molar-refractivity contribution in [2.45, 2.75) is 17.5 Å². The lowest BCUT2D eigenvalue weighted by molar-refractivity contribution is 0.0902. The number of anilines is 1. The SMILES string of the molecule is CSc1ccc2cc(CNC[C@H]3COc4ccccc4O3)c(N3CCOCC3)nc2c1. The lowest BCUT2D eigenvalue weighted by Crippen LogP contribution is -2.39. The van der Waals surface area contributed by atoms with Gasteiger partial charge in [0.2, 0.25) is 0 Å². The van der Waals surface area contributed by atoms with Crippen LogP contribution >= 0.6 is 11.8 Å². The van der Waals surface area contributed by atoms with Crippen LogP contribution in [0.15, 0.2) is 53.4 Å². The second-order valence-electron chi connectivity index (χ2n) is 7.76. The summed E-state index contributed by atoms with van der Waals surface area (Å²) in [6.07, 6.45) is 2.08. The molecule has 0 radical (unpaired) electrons. The van der Waals surface area contributed by atoms with Crippen molar-refractivity contribution < 1.29 is 14.2 Å². The van der Waals surface area contributed by atoms with Gasteiger partial charge >= 0.3 is 0 Å². The number of benzene rings is 2. The first-order chi connectivity index (χ1) is 15.3. The summed E-state index contributed by atoms with van der Waals surface area (Å²) in [4.78, 5) is 8.63. The fourth-order valence-corrected chi connectivity index (χ4v) is 4.45. The molecule has 1 atom stereocenters. The van der Waals surface area contributed by atoms with Crippen LogP contribution in [0, 0.1) is 0 Å². The summed E-state index contributed by atoms with van der Waals surface area (Å²) in [7, 11) is 0. The maximum absolute atomic E-state index is 6.08. The molecule has 6 nitrogen and oxygen atoms in total. The Hall–Kier alpha value is -2.48. The molecule has 5 rings (SSSR count). The number of morpholine rings is 1. The Morgan fingerprint density at radius 1 is 1.10 bits per heavy atom. The molecule has 3 heterocycles. The van der Waals surface area contributed by atoms with Crippen molar-refractivity contribution in [3.8, 4) is 11.5 Å². The van der Waals surface area contributed by atoms with Crippen molar-refractivity contribution in [2.24, 2.45) is 0 Å². The molecule has 0 saturated carbocycles. The van der Waals surface area contributed by atoms with Crippen molar-refractivity contribution in [3.05, 3.63) is 54.1 Å². The van der Waals surface area contributed by atoms with E-state index in [0.717, 1.165) is 61.1 Å². The van der Waals surface area contributed by atoms with Crippen LogP contribution in [0.5, 0.6) is 11.5 Å². The zero-order valence-electron chi connectivity index (χ0n) is 17.7. The number of ether oxygens (including phenoxy) is 3. The largest absolute Gasteiger partial charge is 0.486 e. The molecule has 2 aliphatic heterocycles. The minimum absolute atomic E-state index is 0.0145. The summed E-state index contributed by atoms with van der Waals surface area (Å²) in [6, 6.07) is 16.6. The molecule has 31 heavy (non-hydrogen) atoms. The molecule has 0 bridgehead atoms. The second kappa shape index (κ2) is 9.34. The van der Waals surface area contributed by atoms with Gasteiger partial charge in [0.25, 0.3) is 0 Å². The molecule has 2 aromatic carbocycles. The molecule has 1 fully saturated rings. The van der Waals surface area contributed by atoms with Crippen LogP contribution < -0.4 is 19.7 Å². The van der Waals surface area contributed by atoms with Gasteiger partial charge in [-0.15, -0.1) is 11.8 Å². The number of pyridine rings is 1. The van der Waals surface area contributed by atoms with Gasteiger partial charge in [0.15, 0.2) is 11.5 Å². The van der Waals surface area contributed by atoms with E-state index in [4.69, 9.17) is 19.2 Å². The molecular weight excluding hydrogens is 410 g/mol. The predicted octanol–water partition coefficient (Wildman–Crippen LogP) is 3.72. The summed E-state index contributed by atoms with van der Waals surface area (Å²) in [5.74, 6) is 2.68. The van der Waals surface area contributed by atoms with Crippen molar-refractivity contribution in [3.63, 3.8) is 0 Å². The smallest absolute Gasteiger partial charge is 0.161 e. The quantitative estimate of drug-likeness (QED) is 0.590. The Labute approximate surface area is 186 Å². The number of rotatable bonds is 6. The zero-order chi connectivity index (χ0) is 21.0. The van der Waals surface area contributed by atoms with E-state index in [2.05, 4.69) is 40.7 Å². The monoisotopic (exact) mass is 437 g/mol. The van der Waals surface area contributed by atoms with E-state index in [0.29, 0.717) is 13.2 Å². The Balaban J connectivity index is 1.33. The lowest BCUT2D eigenvalue weighted by atomic mass is 10.1. The Morgan fingerprint density at radius 2 is 1.94 bits per heavy atom. The number of para-hydroxylation sites is 2. The van der Waals surface area contributed by atoms with Crippen LogP contribution in [0.2, 0.25) is 0 Å². The average Bonchev–Trinajstić information content (AvgIpc) is 2.83. The van der Waals surface area contributed by atoms with Crippen LogP contribution in [0.1, 0.15) is 5.56 Å². The van der Waals surface area contributed by atoms with E-state index in [1.54, 1.807) is 11.8 Å². The first-order valence-electron chi connectivity index (χ1n) is 10.7. The first-order valence-corrected chi connectivity index (χ1v) is 11.9. The topological polar surface area (TPSA) is 55.8 Å². The summed E-state index contributed by atoms with van der Waals surface area (Å²) in [6.45, 7) is 5.19. The highest BCUT2D eigenvalue weighted by atomic mass is 32.2. The van der Waals surface area contributed by atoms with E-state index in [-0.39, 0.29) is 6.10 Å². The third kappa shape index (κ3) is 4.59. The van der Waals surface area contributed by atoms with Gasteiger partial charge in [-0.2, -0.15) is 0 Å². The Kier molecular flexibility index (Phi) is 6.15. The van der Waals surface area contributed by atoms with Gasteiger partial charge in [0.05, 0.1) is 18.7 Å². The molecule has 0 unspecified atom stereocenters. The van der Waals surface area contributed by atoms with E-state index in [1.165, 1.54) is 10.5 Å². The van der Waals surface area contributed by atoms with Gasteiger partial charge in [0.1, 0.15) is 18.5 Å². The van der Waals surface area contributed by atoms with E-state index in [1.807, 2.05) is 24.3 Å². The molecule has 3 aromatic rings. The Bertz CT molecular complexity index is 1060. The van der Waals surface area contributed by atoms with Crippen LogP contribution in [-0.2, 0) is 11.3 Å².